The first-order valence-corrected chi connectivity index (χ1v) is 15.5. The summed E-state index contributed by atoms with van der Waals surface area (Å²) in [5.74, 6) is -0.232. The number of rotatable bonds is 4. The first-order valence-electron chi connectivity index (χ1n) is 15.5. The summed E-state index contributed by atoms with van der Waals surface area (Å²) in [6.45, 7) is 8.11. The van der Waals surface area contributed by atoms with E-state index < -0.39 is 0 Å². The van der Waals surface area contributed by atoms with Crippen molar-refractivity contribution in [2.45, 2.75) is 33.1 Å². The van der Waals surface area contributed by atoms with Gasteiger partial charge in [0, 0.05) is 28.0 Å². The minimum atomic E-state index is -0.368. The van der Waals surface area contributed by atoms with Gasteiger partial charge in [-0.2, -0.15) is 9.83 Å². The van der Waals surface area contributed by atoms with Gasteiger partial charge < -0.3 is 4.42 Å². The van der Waals surface area contributed by atoms with Gasteiger partial charge in [-0.1, -0.05) is 106 Å². The Labute approximate surface area is 268 Å². The molecule has 3 nitrogen and oxygen atoms in total. The van der Waals surface area contributed by atoms with E-state index >= 15 is 4.39 Å². The Morgan fingerprint density at radius 3 is 1.91 bits per heavy atom. The topological polar surface area (TPSA) is 40.8 Å². The highest BCUT2D eigenvalue weighted by atomic mass is 19.1. The van der Waals surface area contributed by atoms with E-state index in [0.717, 1.165) is 61.0 Å². The van der Waals surface area contributed by atoms with Gasteiger partial charge in [0.2, 0.25) is 11.9 Å². The number of aryl methyl sites for hydroxylation is 2. The Morgan fingerprint density at radius 1 is 0.674 bits per heavy atom. The second-order valence-electron chi connectivity index (χ2n) is 13.0. The van der Waals surface area contributed by atoms with Crippen LogP contribution in [0.3, 0.4) is 0 Å². The molecule has 0 aliphatic rings. The standard InChI is InChI=1S/C42H34FN2O/c1-26-14-20-33-34-21-19-32(24-44)39(41(34)46-40(33)38(26)37-23-35(42(2,3)4)36(43)25-45(37)5)29-17-15-28(16-18-29)31-13-9-12-30(22-31)27-10-7-6-8-11-27/h6-23,25H,1-5H3/q+1. The number of fused-ring (bicyclic) bond motifs is 3. The van der Waals surface area contributed by atoms with Crippen LogP contribution in [0, 0.1) is 24.1 Å². The van der Waals surface area contributed by atoms with E-state index in [2.05, 4.69) is 97.9 Å². The van der Waals surface area contributed by atoms with Crippen LogP contribution in [-0.4, -0.2) is 0 Å². The minimum absolute atomic E-state index is 0.232. The third-order valence-electron chi connectivity index (χ3n) is 8.90. The van der Waals surface area contributed by atoms with Crippen molar-refractivity contribution in [2.75, 3.05) is 0 Å². The summed E-state index contributed by atoms with van der Waals surface area (Å²) in [5.41, 5.74) is 11.3. The smallest absolute Gasteiger partial charge is 0.216 e. The van der Waals surface area contributed by atoms with Crippen LogP contribution in [0.2, 0.25) is 0 Å². The number of hydrogen-bond acceptors (Lipinski definition) is 2. The van der Waals surface area contributed by atoms with Crippen LogP contribution in [0.15, 0.2) is 120 Å². The quantitative estimate of drug-likeness (QED) is 0.188. The van der Waals surface area contributed by atoms with Crippen molar-refractivity contribution in [3.05, 3.63) is 138 Å². The van der Waals surface area contributed by atoms with Gasteiger partial charge in [0.15, 0.2) is 5.82 Å². The number of pyridine rings is 1. The van der Waals surface area contributed by atoms with E-state index in [-0.39, 0.29) is 11.2 Å². The van der Waals surface area contributed by atoms with Crippen LogP contribution >= 0.6 is 0 Å². The van der Waals surface area contributed by atoms with Gasteiger partial charge in [-0.25, -0.2) is 4.39 Å². The Kier molecular flexibility index (Phi) is 7.06. The summed E-state index contributed by atoms with van der Waals surface area (Å²) in [5, 5.41) is 12.1. The van der Waals surface area contributed by atoms with Gasteiger partial charge in [0.1, 0.15) is 18.2 Å². The second-order valence-corrected chi connectivity index (χ2v) is 13.0. The van der Waals surface area contributed by atoms with Gasteiger partial charge in [0.25, 0.3) is 0 Å². The number of furan rings is 1. The van der Waals surface area contributed by atoms with Crippen LogP contribution in [0.5, 0.6) is 0 Å². The maximum atomic E-state index is 15.1. The lowest BCUT2D eigenvalue weighted by Gasteiger charge is -2.19. The molecule has 0 fully saturated rings. The number of halogens is 1. The van der Waals surface area contributed by atoms with E-state index in [0.29, 0.717) is 16.7 Å². The molecule has 0 N–H and O–H groups in total. The number of nitriles is 1. The first-order chi connectivity index (χ1) is 22.1. The normalized spacial score (nSPS) is 11.7. The van der Waals surface area contributed by atoms with Crippen molar-refractivity contribution < 1.29 is 13.4 Å². The van der Waals surface area contributed by atoms with Crippen molar-refractivity contribution in [3.8, 4) is 50.7 Å². The summed E-state index contributed by atoms with van der Waals surface area (Å²) in [6.07, 6.45) is 1.55. The molecule has 0 atom stereocenters. The first kappa shape index (κ1) is 29.2. The van der Waals surface area contributed by atoms with Gasteiger partial charge >= 0.3 is 0 Å². The summed E-state index contributed by atoms with van der Waals surface area (Å²) in [6, 6.07) is 39.6. The number of aromatic nitrogens is 1. The molecule has 5 aromatic carbocycles. The highest BCUT2D eigenvalue weighted by Gasteiger charge is 2.28. The molecule has 0 unspecified atom stereocenters. The molecule has 7 aromatic rings. The summed E-state index contributed by atoms with van der Waals surface area (Å²) in [4.78, 5) is 0. The number of nitrogens with zero attached hydrogens (tertiary/aromatic N) is 2. The predicted molar refractivity (Wildman–Crippen MR) is 185 cm³/mol. The molecule has 2 heterocycles. The molecular weight excluding hydrogens is 567 g/mol. The lowest BCUT2D eigenvalue weighted by molar-refractivity contribution is -0.662. The largest absolute Gasteiger partial charge is 0.454 e. The highest BCUT2D eigenvalue weighted by molar-refractivity contribution is 6.14. The maximum Gasteiger partial charge on any atom is 0.216 e. The van der Waals surface area contributed by atoms with Crippen molar-refractivity contribution in [1.82, 2.24) is 0 Å². The zero-order valence-electron chi connectivity index (χ0n) is 26.7. The fourth-order valence-electron chi connectivity index (χ4n) is 6.48. The van der Waals surface area contributed by atoms with Crippen molar-refractivity contribution in [2.24, 2.45) is 7.05 Å². The monoisotopic (exact) mass is 601 g/mol. The Balaban J connectivity index is 1.39. The molecule has 0 spiro atoms. The van der Waals surface area contributed by atoms with E-state index in [4.69, 9.17) is 4.42 Å². The molecule has 0 saturated carbocycles. The molecule has 46 heavy (non-hydrogen) atoms. The van der Waals surface area contributed by atoms with Gasteiger partial charge in [-0.05, 0) is 63.9 Å². The van der Waals surface area contributed by atoms with E-state index in [9.17, 15) is 5.26 Å². The zero-order valence-corrected chi connectivity index (χ0v) is 26.7. The SMILES string of the molecule is Cc1ccc2c(oc3c(-c4ccc(-c5cccc(-c6ccccc6)c5)cc4)c(C#N)ccc32)c1-c1cc(C(C)(C)C)c(F)c[n+]1C. The molecule has 0 aliphatic heterocycles. The maximum absolute atomic E-state index is 15.1. The molecule has 0 saturated heterocycles. The van der Waals surface area contributed by atoms with Crippen molar-refractivity contribution in [1.29, 1.82) is 5.26 Å². The molecule has 0 aliphatic carbocycles. The average Bonchev–Trinajstić information content (AvgIpc) is 3.43. The van der Waals surface area contributed by atoms with E-state index in [1.54, 1.807) is 6.20 Å². The molecule has 0 bridgehead atoms. The third-order valence-corrected chi connectivity index (χ3v) is 8.90. The molecule has 4 heteroatoms. The minimum Gasteiger partial charge on any atom is -0.454 e. The summed E-state index contributed by atoms with van der Waals surface area (Å²) in [7, 11) is 1.86. The van der Waals surface area contributed by atoms with Gasteiger partial charge in [-0.3, -0.25) is 0 Å². The Morgan fingerprint density at radius 2 is 1.26 bits per heavy atom. The van der Waals surface area contributed by atoms with Crippen LogP contribution in [0.4, 0.5) is 4.39 Å². The van der Waals surface area contributed by atoms with E-state index in [1.807, 2.05) is 56.7 Å². The second kappa shape index (κ2) is 11.1. The lowest BCUT2D eigenvalue weighted by atomic mass is 9.86. The van der Waals surface area contributed by atoms with Crippen molar-refractivity contribution >= 4 is 21.9 Å². The van der Waals surface area contributed by atoms with Crippen molar-refractivity contribution in [3.63, 3.8) is 0 Å². The van der Waals surface area contributed by atoms with Crippen LogP contribution in [-0.2, 0) is 12.5 Å². The number of hydrogen-bond donors (Lipinski definition) is 0. The van der Waals surface area contributed by atoms with Crippen LogP contribution in [0.1, 0.15) is 37.5 Å². The Bertz CT molecular complexity index is 2320. The average molecular weight is 602 g/mol. The Hall–Kier alpha value is -5.53. The highest BCUT2D eigenvalue weighted by Crippen LogP contribution is 2.43. The molecular formula is C42H34FN2O+. The summed E-state index contributed by atoms with van der Waals surface area (Å²) < 4.78 is 23.7. The molecule has 7 rings (SSSR count). The lowest BCUT2D eigenvalue weighted by Crippen LogP contribution is -2.33. The zero-order chi connectivity index (χ0) is 32.2. The molecule has 224 valence electrons. The van der Waals surface area contributed by atoms with Crippen LogP contribution < -0.4 is 4.57 Å². The molecule has 0 amide bonds. The predicted octanol–water partition coefficient (Wildman–Crippen LogP) is 10.7. The third kappa shape index (κ3) is 4.95. The molecule has 0 radical (unpaired) electrons. The van der Waals surface area contributed by atoms with Crippen LogP contribution in [0.25, 0.3) is 66.6 Å². The fraction of sp³-hybridized carbons (Fsp3) is 0.143. The molecule has 2 aromatic heterocycles. The van der Waals surface area contributed by atoms with Gasteiger partial charge in [0.05, 0.1) is 17.2 Å². The fourth-order valence-corrected chi connectivity index (χ4v) is 6.48. The van der Waals surface area contributed by atoms with Gasteiger partial charge in [-0.15, -0.1) is 0 Å². The van der Waals surface area contributed by atoms with E-state index in [1.165, 1.54) is 5.56 Å². The summed E-state index contributed by atoms with van der Waals surface area (Å²) >= 11 is 0. The number of benzene rings is 5.